The van der Waals surface area contributed by atoms with E-state index >= 15 is 0 Å². The van der Waals surface area contributed by atoms with E-state index in [0.29, 0.717) is 6.04 Å². The van der Waals surface area contributed by atoms with Gasteiger partial charge in [-0.1, -0.05) is 37.6 Å². The third-order valence-corrected chi connectivity index (χ3v) is 4.50. The largest absolute Gasteiger partial charge is 0.382 e. The molecule has 1 fully saturated rings. The van der Waals surface area contributed by atoms with E-state index in [1.165, 1.54) is 36.8 Å². The summed E-state index contributed by atoms with van der Waals surface area (Å²) in [7, 11) is 1.80. The van der Waals surface area contributed by atoms with Crippen LogP contribution in [0, 0.1) is 0 Å². The van der Waals surface area contributed by atoms with Crippen LogP contribution in [0.1, 0.15) is 69.0 Å². The predicted molar refractivity (Wildman–Crippen MR) is 85.2 cm³/mol. The predicted octanol–water partition coefficient (Wildman–Crippen LogP) is 4.42. The second-order valence-corrected chi connectivity index (χ2v) is 6.09. The molecular formula is C18H29NO. The highest BCUT2D eigenvalue weighted by atomic mass is 16.5. The molecule has 112 valence electrons. The Balaban J connectivity index is 2.09. The number of nitrogens with one attached hydrogen (secondary N) is 1. The number of hydrogen-bond donors (Lipinski definition) is 1. The molecule has 1 aromatic carbocycles. The van der Waals surface area contributed by atoms with Crippen molar-refractivity contribution >= 4 is 0 Å². The normalized spacial score (nSPS) is 18.6. The van der Waals surface area contributed by atoms with Crippen LogP contribution in [0.3, 0.4) is 0 Å². The van der Waals surface area contributed by atoms with Crippen LogP contribution in [0.2, 0.25) is 0 Å². The molecule has 20 heavy (non-hydrogen) atoms. The van der Waals surface area contributed by atoms with Crippen LogP contribution in [-0.4, -0.2) is 19.8 Å². The van der Waals surface area contributed by atoms with Crippen LogP contribution in [-0.2, 0) is 4.74 Å². The summed E-state index contributed by atoms with van der Waals surface area (Å²) in [5.41, 5.74) is 2.95. The number of ether oxygens (including phenoxy) is 1. The van der Waals surface area contributed by atoms with E-state index in [2.05, 4.69) is 43.4 Å². The van der Waals surface area contributed by atoms with Gasteiger partial charge in [0.15, 0.2) is 0 Å². The molecule has 2 rings (SSSR count). The standard InChI is InChI=1S/C18H29NO/c1-4-11-19-18(12-14(2)20-3)17-10-6-9-16(13-17)15-7-5-8-15/h6,9-10,13-15,18-19H,4-5,7-8,11-12H2,1-3H3. The molecule has 2 atom stereocenters. The van der Waals surface area contributed by atoms with Gasteiger partial charge in [-0.2, -0.15) is 0 Å². The smallest absolute Gasteiger partial charge is 0.0561 e. The maximum atomic E-state index is 5.45. The van der Waals surface area contributed by atoms with Crippen molar-refractivity contribution < 1.29 is 4.74 Å². The summed E-state index contributed by atoms with van der Waals surface area (Å²) in [5.74, 6) is 0.807. The zero-order valence-electron chi connectivity index (χ0n) is 13.2. The Labute approximate surface area is 123 Å². The molecular weight excluding hydrogens is 246 g/mol. The van der Waals surface area contributed by atoms with Gasteiger partial charge >= 0.3 is 0 Å². The molecule has 2 nitrogen and oxygen atoms in total. The van der Waals surface area contributed by atoms with Crippen LogP contribution in [0.5, 0.6) is 0 Å². The van der Waals surface area contributed by atoms with Gasteiger partial charge in [-0.25, -0.2) is 0 Å². The molecule has 0 heterocycles. The molecule has 1 aliphatic rings. The van der Waals surface area contributed by atoms with Crippen LogP contribution in [0.25, 0.3) is 0 Å². The molecule has 0 bridgehead atoms. The number of hydrogen-bond acceptors (Lipinski definition) is 2. The van der Waals surface area contributed by atoms with Crippen molar-refractivity contribution in [1.29, 1.82) is 0 Å². The molecule has 2 heteroatoms. The number of methoxy groups -OCH3 is 1. The second kappa shape index (κ2) is 7.80. The number of rotatable bonds is 8. The third-order valence-electron chi connectivity index (χ3n) is 4.50. The molecule has 1 N–H and O–H groups in total. The molecule has 0 aliphatic heterocycles. The van der Waals surface area contributed by atoms with Crippen molar-refractivity contribution in [3.63, 3.8) is 0 Å². The summed E-state index contributed by atoms with van der Waals surface area (Å²) in [5, 5.41) is 3.67. The average Bonchev–Trinajstić information content (AvgIpc) is 2.41. The van der Waals surface area contributed by atoms with Crippen molar-refractivity contribution in [2.75, 3.05) is 13.7 Å². The average molecular weight is 275 g/mol. The molecule has 1 saturated carbocycles. The Hall–Kier alpha value is -0.860. The molecule has 2 unspecified atom stereocenters. The van der Waals surface area contributed by atoms with Gasteiger partial charge < -0.3 is 10.1 Å². The van der Waals surface area contributed by atoms with Gasteiger partial charge in [-0.05, 0) is 56.2 Å². The Morgan fingerprint density at radius 2 is 2.15 bits per heavy atom. The van der Waals surface area contributed by atoms with Crippen molar-refractivity contribution in [2.24, 2.45) is 0 Å². The molecule has 0 saturated heterocycles. The molecule has 1 aromatic rings. The van der Waals surface area contributed by atoms with Crippen LogP contribution in [0.15, 0.2) is 24.3 Å². The lowest BCUT2D eigenvalue weighted by Crippen LogP contribution is -2.26. The van der Waals surface area contributed by atoms with E-state index in [-0.39, 0.29) is 6.10 Å². The quantitative estimate of drug-likeness (QED) is 0.758. The minimum atomic E-state index is 0.289. The van der Waals surface area contributed by atoms with E-state index in [0.717, 1.165) is 18.9 Å². The number of benzene rings is 1. The first-order valence-corrected chi connectivity index (χ1v) is 8.10. The highest BCUT2D eigenvalue weighted by Crippen LogP contribution is 2.37. The minimum absolute atomic E-state index is 0.289. The van der Waals surface area contributed by atoms with Gasteiger partial charge in [0.25, 0.3) is 0 Å². The van der Waals surface area contributed by atoms with Gasteiger partial charge in [0.2, 0.25) is 0 Å². The van der Waals surface area contributed by atoms with Gasteiger partial charge in [0, 0.05) is 13.2 Å². The Morgan fingerprint density at radius 1 is 1.35 bits per heavy atom. The molecule has 1 aliphatic carbocycles. The van der Waals surface area contributed by atoms with Crippen molar-refractivity contribution in [3.8, 4) is 0 Å². The van der Waals surface area contributed by atoms with Crippen molar-refractivity contribution in [1.82, 2.24) is 5.32 Å². The maximum Gasteiger partial charge on any atom is 0.0561 e. The lowest BCUT2D eigenvalue weighted by molar-refractivity contribution is 0.100. The van der Waals surface area contributed by atoms with Gasteiger partial charge in [-0.3, -0.25) is 0 Å². The summed E-state index contributed by atoms with van der Waals surface area (Å²) in [6.45, 7) is 5.43. The topological polar surface area (TPSA) is 21.3 Å². The first-order chi connectivity index (χ1) is 9.74. The third kappa shape index (κ3) is 4.07. The second-order valence-electron chi connectivity index (χ2n) is 6.09. The van der Waals surface area contributed by atoms with Crippen molar-refractivity contribution in [2.45, 2.75) is 64.0 Å². The van der Waals surface area contributed by atoms with Crippen LogP contribution < -0.4 is 5.32 Å². The molecule has 0 spiro atoms. The van der Waals surface area contributed by atoms with Gasteiger partial charge in [0.05, 0.1) is 6.10 Å². The monoisotopic (exact) mass is 275 g/mol. The minimum Gasteiger partial charge on any atom is -0.382 e. The van der Waals surface area contributed by atoms with E-state index in [1.807, 2.05) is 0 Å². The molecule has 0 radical (unpaired) electrons. The summed E-state index contributed by atoms with van der Waals surface area (Å²) in [4.78, 5) is 0. The Morgan fingerprint density at radius 3 is 2.75 bits per heavy atom. The fourth-order valence-corrected chi connectivity index (χ4v) is 2.86. The summed E-state index contributed by atoms with van der Waals surface area (Å²) in [6, 6.07) is 9.60. The molecule has 0 amide bonds. The summed E-state index contributed by atoms with van der Waals surface area (Å²) >= 11 is 0. The zero-order valence-corrected chi connectivity index (χ0v) is 13.2. The fraction of sp³-hybridized carbons (Fsp3) is 0.667. The van der Waals surface area contributed by atoms with Crippen molar-refractivity contribution in [3.05, 3.63) is 35.4 Å². The lowest BCUT2D eigenvalue weighted by Gasteiger charge is -2.28. The van der Waals surface area contributed by atoms with Crippen LogP contribution >= 0.6 is 0 Å². The SMILES string of the molecule is CCCNC(CC(C)OC)c1cccc(C2CCC2)c1. The summed E-state index contributed by atoms with van der Waals surface area (Å²) < 4.78 is 5.45. The first-order valence-electron chi connectivity index (χ1n) is 8.10. The van der Waals surface area contributed by atoms with E-state index in [4.69, 9.17) is 4.74 Å². The van der Waals surface area contributed by atoms with Gasteiger partial charge in [0.1, 0.15) is 0 Å². The van der Waals surface area contributed by atoms with Crippen LogP contribution in [0.4, 0.5) is 0 Å². The van der Waals surface area contributed by atoms with E-state index in [9.17, 15) is 0 Å². The first kappa shape index (κ1) is 15.5. The highest BCUT2D eigenvalue weighted by Gasteiger charge is 2.21. The highest BCUT2D eigenvalue weighted by molar-refractivity contribution is 5.29. The van der Waals surface area contributed by atoms with E-state index in [1.54, 1.807) is 7.11 Å². The molecule has 0 aromatic heterocycles. The Bertz CT molecular complexity index is 400. The summed E-state index contributed by atoms with van der Waals surface area (Å²) in [6.07, 6.45) is 6.62. The Kier molecular flexibility index (Phi) is 6.06. The van der Waals surface area contributed by atoms with Gasteiger partial charge in [-0.15, -0.1) is 0 Å². The zero-order chi connectivity index (χ0) is 14.4. The maximum absolute atomic E-state index is 5.45. The van der Waals surface area contributed by atoms with E-state index < -0.39 is 0 Å². The lowest BCUT2D eigenvalue weighted by atomic mass is 9.79. The fourth-order valence-electron chi connectivity index (χ4n) is 2.86.